The average molecular weight is 653 g/mol. The molecule has 0 unspecified atom stereocenters. The van der Waals surface area contributed by atoms with Crippen LogP contribution in [0.25, 0.3) is 11.3 Å². The molecule has 1 fully saturated rings. The number of methoxy groups -OCH3 is 1. The van der Waals surface area contributed by atoms with Gasteiger partial charge in [-0.1, -0.05) is 30.3 Å². The van der Waals surface area contributed by atoms with Crippen molar-refractivity contribution in [3.63, 3.8) is 0 Å². The normalized spacial score (nSPS) is 15.9. The Labute approximate surface area is 280 Å². The lowest BCUT2D eigenvalue weighted by Crippen LogP contribution is -2.50. The summed E-state index contributed by atoms with van der Waals surface area (Å²) < 4.78 is 10.3. The highest BCUT2D eigenvalue weighted by Crippen LogP contribution is 2.43. The summed E-state index contributed by atoms with van der Waals surface area (Å²) in [7, 11) is 1.28. The topological polar surface area (TPSA) is 126 Å². The molecule has 2 aliphatic heterocycles. The maximum atomic E-state index is 13.9. The second-order valence-electron chi connectivity index (χ2n) is 12.8. The molecular weight excluding hydrogens is 612 g/mol. The number of carbonyl (C=O) groups excluding carboxylic acids is 5. The number of aryl methyl sites for hydroxylation is 1. The van der Waals surface area contributed by atoms with Gasteiger partial charge in [0, 0.05) is 49.9 Å². The summed E-state index contributed by atoms with van der Waals surface area (Å²) in [5.74, 6) is -1.98. The molecule has 3 aromatic rings. The van der Waals surface area contributed by atoms with E-state index in [4.69, 9.17) is 9.47 Å². The van der Waals surface area contributed by atoms with E-state index < -0.39 is 23.4 Å². The molecule has 3 aromatic carbocycles. The summed E-state index contributed by atoms with van der Waals surface area (Å²) in [6.45, 7) is 10.8. The van der Waals surface area contributed by atoms with Crippen LogP contribution in [-0.4, -0.2) is 84.9 Å². The fourth-order valence-electron chi connectivity index (χ4n) is 5.87. The number of imide groups is 1. The molecule has 0 atom stereocenters. The maximum absolute atomic E-state index is 13.9. The summed E-state index contributed by atoms with van der Waals surface area (Å²) in [4.78, 5) is 69.6. The van der Waals surface area contributed by atoms with Crippen LogP contribution in [0.3, 0.4) is 0 Å². The number of amides is 3. The fraction of sp³-hybridized carbons (Fsp3) is 0.324. The molecule has 1 N–H and O–H groups in total. The van der Waals surface area contributed by atoms with Crippen LogP contribution in [0.5, 0.6) is 0 Å². The van der Waals surface area contributed by atoms with Crippen molar-refractivity contribution in [3.8, 4) is 0 Å². The molecule has 0 radical (unpaired) electrons. The van der Waals surface area contributed by atoms with Crippen LogP contribution < -0.4 is 10.2 Å². The Morgan fingerprint density at radius 3 is 2.10 bits per heavy atom. The largest absolute Gasteiger partial charge is 0.465 e. The highest BCUT2D eigenvalue weighted by atomic mass is 16.6. The number of benzene rings is 3. The van der Waals surface area contributed by atoms with Crippen LogP contribution in [0, 0.1) is 6.92 Å². The number of fused-ring (bicyclic) bond motifs is 1. The van der Waals surface area contributed by atoms with Crippen molar-refractivity contribution in [3.05, 3.63) is 94.5 Å². The molecule has 0 spiro atoms. The molecule has 11 nitrogen and oxygen atoms in total. The third-order valence-corrected chi connectivity index (χ3v) is 8.14. The molecule has 1 saturated heterocycles. The second-order valence-corrected chi connectivity index (χ2v) is 12.8. The molecule has 11 heteroatoms. The number of hydrogen-bond acceptors (Lipinski definition) is 9. The highest BCUT2D eigenvalue weighted by Gasteiger charge is 2.39. The van der Waals surface area contributed by atoms with Crippen molar-refractivity contribution in [1.29, 1.82) is 0 Å². The Morgan fingerprint density at radius 1 is 0.875 bits per heavy atom. The molecule has 0 aromatic heterocycles. The molecule has 0 aliphatic carbocycles. The molecule has 0 bridgehead atoms. The maximum Gasteiger partial charge on any atom is 0.338 e. The van der Waals surface area contributed by atoms with Crippen molar-refractivity contribution < 1.29 is 33.4 Å². The van der Waals surface area contributed by atoms with E-state index in [1.807, 2.05) is 56.0 Å². The zero-order valence-electron chi connectivity index (χ0n) is 28.1. The first-order valence-electron chi connectivity index (χ1n) is 15.8. The van der Waals surface area contributed by atoms with Crippen molar-refractivity contribution in [2.45, 2.75) is 40.2 Å². The lowest BCUT2D eigenvalue weighted by Gasteiger charge is -2.34. The monoisotopic (exact) mass is 652 g/mol. The first-order chi connectivity index (χ1) is 22.8. The standard InChI is InChI=1S/C37H40N4O7/c1-23-20-29-30(21-28(23)36(46)47-6)41(24(2)42)35(45)32(29)33(25-10-8-7-9-11-25)38-27-14-12-26(13-15-27)34(44)40-18-16-39(17-19-40)22-31(43)48-37(3,4)5/h7-15,20-21,38H,16-19,22H2,1-6H3. The van der Waals surface area contributed by atoms with Crippen LogP contribution in [0.4, 0.5) is 11.4 Å². The average Bonchev–Trinajstić information content (AvgIpc) is 3.33. The molecule has 48 heavy (non-hydrogen) atoms. The molecule has 2 aliphatic rings. The van der Waals surface area contributed by atoms with Gasteiger partial charge in [-0.05, 0) is 75.2 Å². The van der Waals surface area contributed by atoms with Gasteiger partial charge in [0.25, 0.3) is 11.8 Å². The lowest BCUT2D eigenvalue weighted by atomic mass is 9.96. The number of ether oxygens (including phenoxy) is 2. The van der Waals surface area contributed by atoms with Gasteiger partial charge in [-0.3, -0.25) is 24.1 Å². The summed E-state index contributed by atoms with van der Waals surface area (Å²) in [5.41, 5.74) is 3.69. The number of hydrogen-bond donors (Lipinski definition) is 1. The van der Waals surface area contributed by atoms with Crippen molar-refractivity contribution in [2.24, 2.45) is 0 Å². The Hall–Kier alpha value is -5.29. The third-order valence-electron chi connectivity index (χ3n) is 8.14. The zero-order chi connectivity index (χ0) is 34.7. The first-order valence-corrected chi connectivity index (χ1v) is 15.8. The Morgan fingerprint density at radius 2 is 1.52 bits per heavy atom. The predicted molar refractivity (Wildman–Crippen MR) is 182 cm³/mol. The van der Waals surface area contributed by atoms with Gasteiger partial charge in [0.15, 0.2) is 0 Å². The van der Waals surface area contributed by atoms with E-state index in [1.54, 1.807) is 42.2 Å². The van der Waals surface area contributed by atoms with E-state index in [2.05, 4.69) is 5.32 Å². The first kappa shape index (κ1) is 34.1. The minimum atomic E-state index is -0.567. The Bertz CT molecular complexity index is 1780. The van der Waals surface area contributed by atoms with Gasteiger partial charge >= 0.3 is 11.9 Å². The fourth-order valence-corrected chi connectivity index (χ4v) is 5.87. The van der Waals surface area contributed by atoms with Gasteiger partial charge in [0.05, 0.1) is 36.2 Å². The van der Waals surface area contributed by atoms with Gasteiger partial charge in [0.1, 0.15) is 5.60 Å². The van der Waals surface area contributed by atoms with Crippen LogP contribution in [0.1, 0.15) is 65.1 Å². The van der Waals surface area contributed by atoms with Crippen molar-refractivity contribution in [2.75, 3.05) is 50.1 Å². The molecule has 0 saturated carbocycles. The predicted octanol–water partition coefficient (Wildman–Crippen LogP) is 4.75. The van der Waals surface area contributed by atoms with E-state index in [0.717, 1.165) is 4.90 Å². The third kappa shape index (κ3) is 7.31. The van der Waals surface area contributed by atoms with Gasteiger partial charge in [-0.25, -0.2) is 9.69 Å². The van der Waals surface area contributed by atoms with E-state index in [1.165, 1.54) is 20.1 Å². The number of rotatable bonds is 7. The van der Waals surface area contributed by atoms with Crippen molar-refractivity contribution in [1.82, 2.24) is 9.80 Å². The molecule has 2 heterocycles. The Balaban J connectivity index is 1.40. The number of piperazine rings is 1. The number of carbonyl (C=O) groups is 5. The van der Waals surface area contributed by atoms with Gasteiger partial charge in [-0.15, -0.1) is 0 Å². The number of nitrogens with zero attached hydrogens (tertiary/aromatic N) is 3. The van der Waals surface area contributed by atoms with E-state index in [0.29, 0.717) is 65.5 Å². The lowest BCUT2D eigenvalue weighted by molar-refractivity contribution is -0.156. The quantitative estimate of drug-likeness (QED) is 0.284. The second kappa shape index (κ2) is 13.8. The minimum Gasteiger partial charge on any atom is -0.465 e. The molecule has 3 amide bonds. The summed E-state index contributed by atoms with van der Waals surface area (Å²) in [5, 5.41) is 3.38. The molecule has 250 valence electrons. The van der Waals surface area contributed by atoms with Gasteiger partial charge in [0.2, 0.25) is 5.91 Å². The van der Waals surface area contributed by atoms with Crippen LogP contribution >= 0.6 is 0 Å². The molecule has 5 rings (SSSR count). The SMILES string of the molecule is COC(=O)c1cc2c(cc1C)C(=C(Nc1ccc(C(=O)N3CCN(CC(=O)OC(C)(C)C)CC3)cc1)c1ccccc1)C(=O)N2C(C)=O. The van der Waals surface area contributed by atoms with E-state index in [-0.39, 0.29) is 29.6 Å². The van der Waals surface area contributed by atoms with Crippen LogP contribution in [0.15, 0.2) is 66.7 Å². The number of esters is 2. The number of anilines is 2. The Kier molecular flexibility index (Phi) is 9.81. The van der Waals surface area contributed by atoms with Gasteiger partial charge in [-0.2, -0.15) is 0 Å². The number of nitrogens with one attached hydrogen (secondary N) is 1. The minimum absolute atomic E-state index is 0.117. The van der Waals surface area contributed by atoms with Crippen molar-refractivity contribution >= 4 is 52.3 Å². The van der Waals surface area contributed by atoms with Crippen LogP contribution in [-0.2, 0) is 23.9 Å². The summed E-state index contributed by atoms with van der Waals surface area (Å²) in [6, 6.07) is 19.5. The summed E-state index contributed by atoms with van der Waals surface area (Å²) in [6.07, 6.45) is 0. The highest BCUT2D eigenvalue weighted by molar-refractivity contribution is 6.44. The summed E-state index contributed by atoms with van der Waals surface area (Å²) >= 11 is 0. The van der Waals surface area contributed by atoms with E-state index in [9.17, 15) is 24.0 Å². The van der Waals surface area contributed by atoms with Crippen LogP contribution in [0.2, 0.25) is 0 Å². The molecular formula is C37H40N4O7. The van der Waals surface area contributed by atoms with Gasteiger partial charge < -0.3 is 19.7 Å². The smallest absolute Gasteiger partial charge is 0.338 e. The van der Waals surface area contributed by atoms with E-state index >= 15 is 0 Å². The zero-order valence-corrected chi connectivity index (χ0v) is 28.1.